The second-order valence-electron chi connectivity index (χ2n) is 7.56. The van der Waals surface area contributed by atoms with Gasteiger partial charge in [-0.2, -0.15) is 9.29 Å². The van der Waals surface area contributed by atoms with E-state index in [-0.39, 0.29) is 23.6 Å². The number of hydrogen-bond donors (Lipinski definition) is 1. The Bertz CT molecular complexity index is 1390. The first-order chi connectivity index (χ1) is 16.0. The zero-order chi connectivity index (χ0) is 22.8. The molecule has 0 unspecified atom stereocenters. The molecule has 1 aliphatic heterocycles. The third-order valence-electron chi connectivity index (χ3n) is 5.26. The van der Waals surface area contributed by atoms with Crippen molar-refractivity contribution in [2.45, 2.75) is 30.6 Å². The summed E-state index contributed by atoms with van der Waals surface area (Å²) >= 11 is 1.24. The summed E-state index contributed by atoms with van der Waals surface area (Å²) in [4.78, 5) is 25.3. The summed E-state index contributed by atoms with van der Waals surface area (Å²) in [6.07, 6.45) is 5.47. The van der Waals surface area contributed by atoms with Gasteiger partial charge >= 0.3 is 0 Å². The maximum Gasteiger partial charge on any atom is 0.243 e. The molecule has 1 aromatic carbocycles. The molecule has 33 heavy (non-hydrogen) atoms. The van der Waals surface area contributed by atoms with Crippen LogP contribution >= 0.6 is 11.3 Å². The highest BCUT2D eigenvalue weighted by Crippen LogP contribution is 2.30. The van der Waals surface area contributed by atoms with Crippen LogP contribution in [0.3, 0.4) is 0 Å². The van der Waals surface area contributed by atoms with Gasteiger partial charge in [-0.25, -0.2) is 13.4 Å². The van der Waals surface area contributed by atoms with Gasteiger partial charge in [0.15, 0.2) is 5.13 Å². The summed E-state index contributed by atoms with van der Waals surface area (Å²) in [7, 11) is -3.50. The van der Waals surface area contributed by atoms with Crippen LogP contribution in [0.4, 0.5) is 5.13 Å². The number of thiazole rings is 1. The molecule has 0 radical (unpaired) electrons. The number of anilines is 1. The van der Waals surface area contributed by atoms with Gasteiger partial charge in [0.2, 0.25) is 27.6 Å². The lowest BCUT2D eigenvalue weighted by molar-refractivity contribution is -0.116. The van der Waals surface area contributed by atoms with Gasteiger partial charge in [0.25, 0.3) is 0 Å². The number of nitrogens with zero attached hydrogens (tertiary/aromatic N) is 5. The van der Waals surface area contributed by atoms with Crippen LogP contribution in [0.15, 0.2) is 52.1 Å². The molecule has 3 aromatic heterocycles. The van der Waals surface area contributed by atoms with Crippen LogP contribution in [0.1, 0.15) is 25.2 Å². The van der Waals surface area contributed by atoms with Gasteiger partial charge in [-0.1, -0.05) is 16.5 Å². The average Bonchev–Trinajstić information content (AvgIpc) is 3.58. The number of pyridine rings is 1. The Morgan fingerprint density at radius 1 is 1.18 bits per heavy atom. The lowest BCUT2D eigenvalue weighted by Gasteiger charge is -2.15. The van der Waals surface area contributed by atoms with Crippen molar-refractivity contribution in [3.63, 3.8) is 0 Å². The Morgan fingerprint density at radius 2 is 2.03 bits per heavy atom. The molecular formula is C21H20N6O4S2. The molecule has 0 spiro atoms. The van der Waals surface area contributed by atoms with Crippen molar-refractivity contribution in [2.75, 3.05) is 18.4 Å². The first kappa shape index (κ1) is 21.6. The number of aromatic nitrogens is 4. The van der Waals surface area contributed by atoms with Crippen molar-refractivity contribution < 1.29 is 17.7 Å². The molecule has 1 aliphatic rings. The fraction of sp³-hybridized carbons (Fsp3) is 0.286. The Kier molecular flexibility index (Phi) is 5.87. The van der Waals surface area contributed by atoms with Gasteiger partial charge in [0.05, 0.1) is 15.1 Å². The second kappa shape index (κ2) is 8.96. The highest BCUT2D eigenvalue weighted by molar-refractivity contribution is 7.89. The number of sulfonamides is 1. The van der Waals surface area contributed by atoms with Crippen LogP contribution in [0.2, 0.25) is 0 Å². The zero-order valence-corrected chi connectivity index (χ0v) is 19.1. The van der Waals surface area contributed by atoms with E-state index < -0.39 is 10.0 Å². The van der Waals surface area contributed by atoms with Gasteiger partial charge in [0.1, 0.15) is 0 Å². The normalized spacial score (nSPS) is 14.7. The van der Waals surface area contributed by atoms with E-state index in [4.69, 9.17) is 4.52 Å². The number of nitrogens with one attached hydrogen (secondary N) is 1. The van der Waals surface area contributed by atoms with Gasteiger partial charge in [0, 0.05) is 43.9 Å². The molecule has 1 saturated heterocycles. The number of amides is 1. The van der Waals surface area contributed by atoms with Crippen LogP contribution in [0.5, 0.6) is 0 Å². The van der Waals surface area contributed by atoms with E-state index >= 15 is 0 Å². The minimum Gasteiger partial charge on any atom is -0.339 e. The number of carbonyl (C=O) groups excluding carboxylic acids is 1. The predicted molar refractivity (Wildman–Crippen MR) is 122 cm³/mol. The van der Waals surface area contributed by atoms with Gasteiger partial charge in [-0.15, -0.1) is 0 Å². The van der Waals surface area contributed by atoms with Crippen LogP contribution < -0.4 is 5.32 Å². The van der Waals surface area contributed by atoms with E-state index in [0.29, 0.717) is 40.2 Å². The van der Waals surface area contributed by atoms with Crippen molar-refractivity contribution in [3.8, 4) is 11.4 Å². The topological polar surface area (TPSA) is 131 Å². The highest BCUT2D eigenvalue weighted by Gasteiger charge is 2.27. The van der Waals surface area contributed by atoms with Crippen molar-refractivity contribution in [1.29, 1.82) is 0 Å². The standard InChI is InChI=1S/C21H20N6O4S2/c28-18(7-8-19-25-20(26-31-19)14-4-3-9-22-13-14)24-21-23-16-6-5-15(12-17(16)32-21)33(29,30)27-10-1-2-11-27/h3-6,9,12-13H,1-2,7-8,10-11H2,(H,23,24,28). The Hall–Kier alpha value is -3.22. The number of hydrogen-bond acceptors (Lipinski definition) is 9. The van der Waals surface area contributed by atoms with Crippen LogP contribution in [-0.2, 0) is 21.2 Å². The first-order valence-electron chi connectivity index (χ1n) is 10.4. The van der Waals surface area contributed by atoms with Crippen molar-refractivity contribution >= 4 is 42.6 Å². The molecule has 5 rings (SSSR count). The molecule has 10 nitrogen and oxygen atoms in total. The number of carbonyl (C=O) groups is 1. The highest BCUT2D eigenvalue weighted by atomic mass is 32.2. The first-order valence-corrected chi connectivity index (χ1v) is 12.7. The van der Waals surface area contributed by atoms with E-state index in [1.807, 2.05) is 6.07 Å². The maximum atomic E-state index is 12.8. The molecule has 170 valence electrons. The number of fused-ring (bicyclic) bond motifs is 1. The van der Waals surface area contributed by atoms with E-state index in [1.54, 1.807) is 36.7 Å². The summed E-state index contributed by atoms with van der Waals surface area (Å²) in [5.74, 6) is 0.523. The van der Waals surface area contributed by atoms with Crippen LogP contribution in [-0.4, -0.2) is 51.8 Å². The lowest BCUT2D eigenvalue weighted by Crippen LogP contribution is -2.27. The third-order valence-corrected chi connectivity index (χ3v) is 8.09. The minimum absolute atomic E-state index is 0.138. The number of benzene rings is 1. The van der Waals surface area contributed by atoms with Crippen LogP contribution in [0, 0.1) is 0 Å². The maximum absolute atomic E-state index is 12.8. The molecule has 0 saturated carbocycles. The Balaban J connectivity index is 1.23. The SMILES string of the molecule is O=C(CCc1nc(-c2cccnc2)no1)Nc1nc2ccc(S(=O)(=O)N3CCCC3)cc2s1. The van der Waals surface area contributed by atoms with Gasteiger partial charge < -0.3 is 9.84 Å². The van der Waals surface area contributed by atoms with E-state index in [2.05, 4.69) is 25.4 Å². The third kappa shape index (κ3) is 4.63. The molecule has 1 N–H and O–H groups in total. The fourth-order valence-corrected chi connectivity index (χ4v) is 6.11. The summed E-state index contributed by atoms with van der Waals surface area (Å²) < 4.78 is 33.0. The minimum atomic E-state index is -3.50. The predicted octanol–water partition coefficient (Wildman–Crippen LogP) is 3.10. The van der Waals surface area contributed by atoms with Crippen molar-refractivity contribution in [3.05, 3.63) is 48.6 Å². The van der Waals surface area contributed by atoms with E-state index in [9.17, 15) is 13.2 Å². The van der Waals surface area contributed by atoms with Gasteiger partial charge in [-0.3, -0.25) is 9.78 Å². The van der Waals surface area contributed by atoms with Crippen molar-refractivity contribution in [1.82, 2.24) is 24.4 Å². The number of rotatable bonds is 7. The number of aryl methyl sites for hydroxylation is 1. The summed E-state index contributed by atoms with van der Waals surface area (Å²) in [6.45, 7) is 1.10. The van der Waals surface area contributed by atoms with Crippen LogP contribution in [0.25, 0.3) is 21.6 Å². The largest absolute Gasteiger partial charge is 0.339 e. The molecule has 0 bridgehead atoms. The molecule has 4 aromatic rings. The molecular weight excluding hydrogens is 464 g/mol. The molecule has 0 aliphatic carbocycles. The molecule has 0 atom stereocenters. The summed E-state index contributed by atoms with van der Waals surface area (Å²) in [5.41, 5.74) is 1.37. The molecule has 4 heterocycles. The molecule has 1 fully saturated rings. The molecule has 1 amide bonds. The monoisotopic (exact) mass is 484 g/mol. The Morgan fingerprint density at radius 3 is 2.82 bits per heavy atom. The van der Waals surface area contributed by atoms with E-state index in [1.165, 1.54) is 15.6 Å². The fourth-order valence-electron chi connectivity index (χ4n) is 3.57. The Labute approximate surface area is 193 Å². The zero-order valence-electron chi connectivity index (χ0n) is 17.5. The second-order valence-corrected chi connectivity index (χ2v) is 10.5. The quantitative estimate of drug-likeness (QED) is 0.423. The summed E-state index contributed by atoms with van der Waals surface area (Å²) in [5, 5.41) is 7.08. The smallest absolute Gasteiger partial charge is 0.243 e. The lowest BCUT2D eigenvalue weighted by atomic mass is 10.2. The summed E-state index contributed by atoms with van der Waals surface area (Å²) in [6, 6.07) is 8.46. The van der Waals surface area contributed by atoms with Crippen molar-refractivity contribution in [2.24, 2.45) is 0 Å². The average molecular weight is 485 g/mol. The molecule has 12 heteroatoms. The van der Waals surface area contributed by atoms with E-state index in [0.717, 1.165) is 18.4 Å². The van der Waals surface area contributed by atoms with Gasteiger partial charge in [-0.05, 0) is 43.2 Å².